The predicted molar refractivity (Wildman–Crippen MR) is 78.9 cm³/mol. The van der Waals surface area contributed by atoms with Crippen molar-refractivity contribution in [3.8, 4) is 5.69 Å². The first kappa shape index (κ1) is 15.2. The van der Waals surface area contributed by atoms with E-state index < -0.39 is 0 Å². The van der Waals surface area contributed by atoms with E-state index in [2.05, 4.69) is 5.10 Å². The zero-order valence-corrected chi connectivity index (χ0v) is 12.4. The van der Waals surface area contributed by atoms with Crippen LogP contribution in [0.25, 0.3) is 5.69 Å². The van der Waals surface area contributed by atoms with Crippen molar-refractivity contribution in [1.29, 1.82) is 0 Å². The quantitative estimate of drug-likeness (QED) is 0.930. The summed E-state index contributed by atoms with van der Waals surface area (Å²) in [5.74, 6) is -0.514. The smallest absolute Gasteiger partial charge is 0.273 e. The first-order valence-corrected chi connectivity index (χ1v) is 6.71. The van der Waals surface area contributed by atoms with Gasteiger partial charge >= 0.3 is 0 Å². The van der Waals surface area contributed by atoms with E-state index in [0.717, 1.165) is 0 Å². The lowest BCUT2D eigenvalue weighted by Gasteiger charge is -2.13. The summed E-state index contributed by atoms with van der Waals surface area (Å²) >= 11 is 0. The Balaban J connectivity index is 2.43. The number of hydrogen-bond donors (Lipinski definition) is 1. The van der Waals surface area contributed by atoms with E-state index in [1.54, 1.807) is 38.5 Å². The zero-order valence-electron chi connectivity index (χ0n) is 12.4. The molecule has 1 atom stereocenters. The van der Waals surface area contributed by atoms with Gasteiger partial charge in [0.05, 0.1) is 5.69 Å². The van der Waals surface area contributed by atoms with Gasteiger partial charge in [0.2, 0.25) is 0 Å². The predicted octanol–water partition coefficient (Wildman–Crippen LogP) is 1.60. The van der Waals surface area contributed by atoms with Crippen LogP contribution >= 0.6 is 0 Å². The van der Waals surface area contributed by atoms with Crippen LogP contribution in [-0.4, -0.2) is 40.7 Å². The molecule has 1 amide bonds. The number of hydrogen-bond acceptors (Lipinski definition) is 3. The molecule has 0 spiro atoms. The number of nitrogens with two attached hydrogens (primary N) is 1. The van der Waals surface area contributed by atoms with Gasteiger partial charge in [-0.25, -0.2) is 9.07 Å². The summed E-state index contributed by atoms with van der Waals surface area (Å²) in [4.78, 5) is 13.3. The van der Waals surface area contributed by atoms with Gasteiger partial charge < -0.3 is 10.6 Å². The van der Waals surface area contributed by atoms with Crippen LogP contribution in [0.4, 0.5) is 4.39 Å². The summed E-state index contributed by atoms with van der Waals surface area (Å²) in [6.45, 7) is 1.82. The van der Waals surface area contributed by atoms with Crippen molar-refractivity contribution in [3.63, 3.8) is 0 Å². The Morgan fingerprint density at radius 2 is 2.14 bits per heavy atom. The maximum absolute atomic E-state index is 14.0. The monoisotopic (exact) mass is 290 g/mol. The second-order valence-corrected chi connectivity index (χ2v) is 5.26. The number of nitrogens with zero attached hydrogens (tertiary/aromatic N) is 3. The Bertz CT molecular complexity index is 649. The number of carbonyl (C=O) groups is 1. The highest BCUT2D eigenvalue weighted by molar-refractivity contribution is 5.91. The molecule has 1 heterocycles. The number of rotatable bonds is 4. The molecule has 2 rings (SSSR count). The highest BCUT2D eigenvalue weighted by atomic mass is 19.1. The molecule has 1 aromatic heterocycles. The van der Waals surface area contributed by atoms with Crippen LogP contribution in [0.3, 0.4) is 0 Å². The normalized spacial score (nSPS) is 12.2. The first-order valence-electron chi connectivity index (χ1n) is 6.71. The van der Waals surface area contributed by atoms with Crippen LogP contribution in [0.2, 0.25) is 0 Å². The summed E-state index contributed by atoms with van der Waals surface area (Å²) in [6, 6.07) is 6.22. The Morgan fingerprint density at radius 3 is 2.76 bits per heavy atom. The first-order chi connectivity index (χ1) is 9.90. The molecule has 0 radical (unpaired) electrons. The summed E-state index contributed by atoms with van der Waals surface area (Å²) in [7, 11) is 3.32. The molecule has 0 aliphatic carbocycles. The van der Waals surface area contributed by atoms with Crippen molar-refractivity contribution >= 4 is 5.91 Å². The largest absolute Gasteiger partial charge is 0.343 e. The maximum Gasteiger partial charge on any atom is 0.273 e. The fraction of sp³-hybridized carbons (Fsp3) is 0.333. The van der Waals surface area contributed by atoms with Gasteiger partial charge in [-0.1, -0.05) is 6.07 Å². The van der Waals surface area contributed by atoms with Crippen molar-refractivity contribution in [3.05, 3.63) is 47.5 Å². The van der Waals surface area contributed by atoms with Gasteiger partial charge in [-0.05, 0) is 31.5 Å². The molecule has 5 nitrogen and oxygen atoms in total. The van der Waals surface area contributed by atoms with Gasteiger partial charge in [-0.15, -0.1) is 0 Å². The fourth-order valence-electron chi connectivity index (χ4n) is 2.09. The maximum atomic E-state index is 14.0. The molecular formula is C15H19FN4O. The standard InChI is InChI=1S/C15H19FN4O/c1-10(17)9-11-12(16)5-4-6-14(11)20-8-7-13(18-20)15(21)19(2)3/h4-8,10H,9,17H2,1-3H3. The van der Waals surface area contributed by atoms with Crippen molar-refractivity contribution < 1.29 is 9.18 Å². The minimum absolute atomic E-state index is 0.168. The van der Waals surface area contributed by atoms with Crippen LogP contribution in [0.1, 0.15) is 23.0 Å². The Morgan fingerprint density at radius 1 is 1.43 bits per heavy atom. The van der Waals surface area contributed by atoms with E-state index in [1.807, 2.05) is 6.92 Å². The molecule has 0 saturated carbocycles. The van der Waals surface area contributed by atoms with E-state index in [-0.39, 0.29) is 17.8 Å². The minimum Gasteiger partial charge on any atom is -0.343 e. The molecule has 0 saturated heterocycles. The third-order valence-corrected chi connectivity index (χ3v) is 3.08. The molecule has 0 aliphatic heterocycles. The van der Waals surface area contributed by atoms with Gasteiger partial charge in [-0.2, -0.15) is 5.10 Å². The molecule has 2 aromatic rings. The van der Waals surface area contributed by atoms with E-state index in [1.165, 1.54) is 15.6 Å². The van der Waals surface area contributed by atoms with Crippen LogP contribution in [0.15, 0.2) is 30.5 Å². The fourth-order valence-corrected chi connectivity index (χ4v) is 2.09. The second kappa shape index (κ2) is 6.05. The zero-order chi connectivity index (χ0) is 15.6. The topological polar surface area (TPSA) is 64.2 Å². The van der Waals surface area contributed by atoms with Gasteiger partial charge in [0.1, 0.15) is 5.82 Å². The van der Waals surface area contributed by atoms with Crippen molar-refractivity contribution in [2.24, 2.45) is 5.73 Å². The van der Waals surface area contributed by atoms with Crippen LogP contribution in [0.5, 0.6) is 0 Å². The highest BCUT2D eigenvalue weighted by Crippen LogP contribution is 2.19. The van der Waals surface area contributed by atoms with Gasteiger partial charge in [0.15, 0.2) is 5.69 Å². The number of amides is 1. The van der Waals surface area contributed by atoms with Gasteiger partial charge in [-0.3, -0.25) is 4.79 Å². The van der Waals surface area contributed by atoms with Crippen molar-refractivity contribution in [1.82, 2.24) is 14.7 Å². The van der Waals surface area contributed by atoms with E-state index >= 15 is 0 Å². The number of halogens is 1. The van der Waals surface area contributed by atoms with Crippen molar-refractivity contribution in [2.45, 2.75) is 19.4 Å². The Hall–Kier alpha value is -2.21. The molecule has 6 heteroatoms. The highest BCUT2D eigenvalue weighted by Gasteiger charge is 2.16. The van der Waals surface area contributed by atoms with Crippen LogP contribution < -0.4 is 5.73 Å². The average Bonchev–Trinajstić information content (AvgIpc) is 2.89. The molecule has 0 aliphatic rings. The summed E-state index contributed by atoms with van der Waals surface area (Å²) in [5.41, 5.74) is 7.19. The Labute approximate surface area is 123 Å². The van der Waals surface area contributed by atoms with Gasteiger partial charge in [0, 0.05) is 31.9 Å². The molecule has 1 unspecified atom stereocenters. The minimum atomic E-state index is -0.319. The van der Waals surface area contributed by atoms with Crippen molar-refractivity contribution in [2.75, 3.05) is 14.1 Å². The third kappa shape index (κ3) is 3.28. The third-order valence-electron chi connectivity index (χ3n) is 3.08. The summed E-state index contributed by atoms with van der Waals surface area (Å²) in [6.07, 6.45) is 2.05. The number of carbonyl (C=O) groups excluding carboxylic acids is 1. The van der Waals surface area contributed by atoms with Crippen LogP contribution in [-0.2, 0) is 6.42 Å². The molecule has 0 bridgehead atoms. The summed E-state index contributed by atoms with van der Waals surface area (Å²) < 4.78 is 15.5. The van der Waals surface area contributed by atoms with E-state index in [9.17, 15) is 9.18 Å². The van der Waals surface area contributed by atoms with E-state index in [4.69, 9.17) is 5.73 Å². The molecule has 0 fully saturated rings. The molecule has 2 N–H and O–H groups in total. The van der Waals surface area contributed by atoms with Gasteiger partial charge in [0.25, 0.3) is 5.91 Å². The lowest BCUT2D eigenvalue weighted by atomic mass is 10.0. The molecule has 112 valence electrons. The summed E-state index contributed by atoms with van der Waals surface area (Å²) in [5, 5.41) is 4.23. The van der Waals surface area contributed by atoms with E-state index in [0.29, 0.717) is 23.4 Å². The lowest BCUT2D eigenvalue weighted by molar-refractivity contribution is 0.0821. The molecule has 1 aromatic carbocycles. The molecular weight excluding hydrogens is 271 g/mol. The molecule has 21 heavy (non-hydrogen) atoms. The average molecular weight is 290 g/mol. The lowest BCUT2D eigenvalue weighted by Crippen LogP contribution is -2.22. The SMILES string of the molecule is CC(N)Cc1c(F)cccc1-n1ccc(C(=O)N(C)C)n1. The Kier molecular flexibility index (Phi) is 4.37. The number of aromatic nitrogens is 2. The van der Waals surface area contributed by atoms with Crippen LogP contribution in [0, 0.1) is 5.82 Å². The number of benzene rings is 1. The second-order valence-electron chi connectivity index (χ2n) is 5.26.